The largest absolute Gasteiger partial charge is 0.483 e. The fourth-order valence-electron chi connectivity index (χ4n) is 5.19. The molecule has 1 amide bonds. The first-order valence-corrected chi connectivity index (χ1v) is 10.5. The van der Waals surface area contributed by atoms with Gasteiger partial charge in [0.25, 0.3) is 5.91 Å². The maximum absolute atomic E-state index is 13.4. The van der Waals surface area contributed by atoms with E-state index in [9.17, 15) is 14.4 Å². The zero-order valence-electron chi connectivity index (χ0n) is 16.9. The van der Waals surface area contributed by atoms with Crippen molar-refractivity contribution in [1.29, 1.82) is 0 Å². The van der Waals surface area contributed by atoms with Gasteiger partial charge in [-0.25, -0.2) is 4.79 Å². The highest BCUT2D eigenvalue weighted by Gasteiger charge is 2.51. The average molecular weight is 408 g/mol. The van der Waals surface area contributed by atoms with Crippen molar-refractivity contribution in [3.05, 3.63) is 63.6 Å². The SMILES string of the molecule is CCOC(=O)c1cn2c(c(OCc3ccccc3)c1=O)C(=O)N1[C@H]3CC[C@H](C3)[C@@H]1C2. The van der Waals surface area contributed by atoms with Gasteiger partial charge in [-0.05, 0) is 37.7 Å². The highest BCUT2D eigenvalue weighted by molar-refractivity contribution is 5.98. The molecule has 3 aliphatic rings. The highest BCUT2D eigenvalue weighted by atomic mass is 16.5. The lowest BCUT2D eigenvalue weighted by molar-refractivity contribution is 0.0465. The number of aromatic nitrogens is 1. The third-order valence-corrected chi connectivity index (χ3v) is 6.52. The molecule has 1 aromatic heterocycles. The first kappa shape index (κ1) is 18.9. The molecule has 2 aliphatic heterocycles. The van der Waals surface area contributed by atoms with Gasteiger partial charge in [0.1, 0.15) is 12.2 Å². The minimum Gasteiger partial charge on any atom is -0.483 e. The molecule has 1 saturated carbocycles. The second kappa shape index (κ2) is 7.31. The maximum Gasteiger partial charge on any atom is 0.343 e. The summed E-state index contributed by atoms with van der Waals surface area (Å²) in [4.78, 5) is 41.0. The van der Waals surface area contributed by atoms with Crippen LogP contribution in [0.2, 0.25) is 0 Å². The van der Waals surface area contributed by atoms with Gasteiger partial charge in [-0.2, -0.15) is 0 Å². The smallest absolute Gasteiger partial charge is 0.343 e. The van der Waals surface area contributed by atoms with E-state index in [1.165, 1.54) is 6.20 Å². The number of amides is 1. The van der Waals surface area contributed by atoms with Crippen molar-refractivity contribution in [2.75, 3.05) is 6.61 Å². The predicted molar refractivity (Wildman–Crippen MR) is 109 cm³/mol. The van der Waals surface area contributed by atoms with Crippen molar-refractivity contribution in [2.24, 2.45) is 5.92 Å². The molecular weight excluding hydrogens is 384 g/mol. The quantitative estimate of drug-likeness (QED) is 0.711. The Morgan fingerprint density at radius 3 is 2.73 bits per heavy atom. The molecule has 1 aromatic carbocycles. The number of piperidine rings is 1. The van der Waals surface area contributed by atoms with Gasteiger partial charge < -0.3 is 18.9 Å². The molecule has 2 aromatic rings. The molecule has 3 heterocycles. The normalized spacial score (nSPS) is 23.8. The molecule has 156 valence electrons. The Kier molecular flexibility index (Phi) is 4.60. The zero-order chi connectivity index (χ0) is 20.8. The van der Waals surface area contributed by atoms with Crippen LogP contribution >= 0.6 is 0 Å². The number of ether oxygens (including phenoxy) is 2. The Labute approximate surface area is 174 Å². The molecule has 0 N–H and O–H groups in total. The van der Waals surface area contributed by atoms with Crippen LogP contribution in [0.3, 0.4) is 0 Å². The minimum atomic E-state index is -0.690. The van der Waals surface area contributed by atoms with E-state index in [2.05, 4.69) is 0 Å². The van der Waals surface area contributed by atoms with Crippen LogP contribution in [0.1, 0.15) is 52.6 Å². The Morgan fingerprint density at radius 2 is 1.97 bits per heavy atom. The number of carbonyl (C=O) groups excluding carboxylic acids is 2. The van der Waals surface area contributed by atoms with Crippen molar-refractivity contribution in [3.63, 3.8) is 0 Å². The van der Waals surface area contributed by atoms with Crippen molar-refractivity contribution >= 4 is 11.9 Å². The topological polar surface area (TPSA) is 77.8 Å². The third kappa shape index (κ3) is 2.91. The number of carbonyl (C=O) groups is 2. The molecular formula is C23H24N2O5. The third-order valence-electron chi connectivity index (χ3n) is 6.52. The van der Waals surface area contributed by atoms with E-state index < -0.39 is 11.4 Å². The number of benzene rings is 1. The van der Waals surface area contributed by atoms with Gasteiger partial charge in [0.15, 0.2) is 11.4 Å². The van der Waals surface area contributed by atoms with Crippen molar-refractivity contribution in [2.45, 2.75) is 51.4 Å². The number of rotatable bonds is 5. The van der Waals surface area contributed by atoms with E-state index >= 15 is 0 Å². The van der Waals surface area contributed by atoms with E-state index in [1.807, 2.05) is 35.2 Å². The first-order valence-electron chi connectivity index (χ1n) is 10.5. The number of fused-ring (bicyclic) bond motifs is 6. The Morgan fingerprint density at radius 1 is 1.17 bits per heavy atom. The van der Waals surface area contributed by atoms with Gasteiger partial charge in [0.05, 0.1) is 12.6 Å². The standard InChI is InChI=1S/C23H24N2O5/c1-2-29-23(28)17-11-24-12-18-15-8-9-16(10-15)25(18)22(27)19(24)21(20(17)26)30-13-14-6-4-3-5-7-14/h3-7,11,15-16,18H,2,8-10,12-13H2,1H3/t15-,16+,18+/m1/s1. The summed E-state index contributed by atoms with van der Waals surface area (Å²) < 4.78 is 12.7. The molecule has 2 fully saturated rings. The summed E-state index contributed by atoms with van der Waals surface area (Å²) in [6.07, 6.45) is 4.63. The molecule has 1 aliphatic carbocycles. The van der Waals surface area contributed by atoms with Crippen molar-refractivity contribution in [3.8, 4) is 5.75 Å². The van der Waals surface area contributed by atoms with Crippen LogP contribution < -0.4 is 10.2 Å². The zero-order valence-corrected chi connectivity index (χ0v) is 16.9. The lowest BCUT2D eigenvalue weighted by Crippen LogP contribution is -2.52. The molecule has 30 heavy (non-hydrogen) atoms. The molecule has 0 spiro atoms. The highest BCUT2D eigenvalue weighted by Crippen LogP contribution is 2.46. The predicted octanol–water partition coefficient (Wildman–Crippen LogP) is 2.61. The number of esters is 1. The molecule has 5 rings (SSSR count). The van der Waals surface area contributed by atoms with E-state index in [0.29, 0.717) is 12.5 Å². The summed E-state index contributed by atoms with van der Waals surface area (Å²) in [5, 5.41) is 0. The van der Waals surface area contributed by atoms with Crippen molar-refractivity contribution < 1.29 is 19.1 Å². The molecule has 7 heteroatoms. The second-order valence-electron chi connectivity index (χ2n) is 8.20. The van der Waals surface area contributed by atoms with E-state index in [1.54, 1.807) is 11.5 Å². The summed E-state index contributed by atoms with van der Waals surface area (Å²) in [5.41, 5.74) is 0.436. The molecule has 7 nitrogen and oxygen atoms in total. The molecule has 0 unspecified atom stereocenters. The Hall–Kier alpha value is -3.09. The second-order valence-corrected chi connectivity index (χ2v) is 8.20. The lowest BCUT2D eigenvalue weighted by atomic mass is 9.95. The van der Waals surface area contributed by atoms with Crippen LogP contribution in [0.5, 0.6) is 5.75 Å². The molecule has 2 bridgehead atoms. The van der Waals surface area contributed by atoms with E-state index in [0.717, 1.165) is 24.8 Å². The summed E-state index contributed by atoms with van der Waals surface area (Å²) in [7, 11) is 0. The molecule has 3 atom stereocenters. The van der Waals surface area contributed by atoms with Crippen LogP contribution in [0.25, 0.3) is 0 Å². The monoisotopic (exact) mass is 408 g/mol. The fraction of sp³-hybridized carbons (Fsp3) is 0.435. The van der Waals surface area contributed by atoms with Crippen molar-refractivity contribution in [1.82, 2.24) is 9.47 Å². The number of hydrogen-bond donors (Lipinski definition) is 0. The van der Waals surface area contributed by atoms with E-state index in [4.69, 9.17) is 9.47 Å². The van der Waals surface area contributed by atoms with Gasteiger partial charge in [-0.1, -0.05) is 30.3 Å². The summed E-state index contributed by atoms with van der Waals surface area (Å²) in [6.45, 7) is 2.56. The average Bonchev–Trinajstić information content (AvgIpc) is 3.36. The summed E-state index contributed by atoms with van der Waals surface area (Å²) >= 11 is 0. The Bertz CT molecular complexity index is 1060. The van der Waals surface area contributed by atoms with Crippen LogP contribution in [-0.2, 0) is 17.9 Å². The Balaban J connectivity index is 1.59. The number of nitrogens with zero attached hydrogens (tertiary/aromatic N) is 2. The number of hydrogen-bond acceptors (Lipinski definition) is 5. The molecule has 1 saturated heterocycles. The van der Waals surface area contributed by atoms with Gasteiger partial charge >= 0.3 is 5.97 Å². The fourth-order valence-corrected chi connectivity index (χ4v) is 5.19. The van der Waals surface area contributed by atoms with Crippen LogP contribution in [0.4, 0.5) is 0 Å². The first-order chi connectivity index (χ1) is 14.6. The van der Waals surface area contributed by atoms with Gasteiger partial charge in [0, 0.05) is 18.8 Å². The summed E-state index contributed by atoms with van der Waals surface area (Å²) in [6, 6.07) is 9.78. The van der Waals surface area contributed by atoms with Crippen LogP contribution in [0.15, 0.2) is 41.3 Å². The minimum absolute atomic E-state index is 0.0596. The van der Waals surface area contributed by atoms with Gasteiger partial charge in [-0.15, -0.1) is 0 Å². The van der Waals surface area contributed by atoms with Gasteiger partial charge in [0.2, 0.25) is 5.43 Å². The van der Waals surface area contributed by atoms with Crippen LogP contribution in [0, 0.1) is 5.92 Å². The van der Waals surface area contributed by atoms with Gasteiger partial charge in [-0.3, -0.25) is 9.59 Å². The molecule has 0 radical (unpaired) electrons. The summed E-state index contributed by atoms with van der Waals surface area (Å²) in [5.74, 6) is -0.443. The maximum atomic E-state index is 13.4. The lowest BCUT2D eigenvalue weighted by Gasteiger charge is -2.40. The van der Waals surface area contributed by atoms with E-state index in [-0.39, 0.29) is 48.2 Å². The van der Waals surface area contributed by atoms with Crippen LogP contribution in [-0.4, -0.2) is 40.0 Å². The number of pyridine rings is 1.